The second-order valence-corrected chi connectivity index (χ2v) is 5.68. The highest BCUT2D eigenvalue weighted by atomic mass is 19.1. The van der Waals surface area contributed by atoms with Crippen molar-refractivity contribution in [3.8, 4) is 11.1 Å². The average molecular weight is 304 g/mol. The quantitative estimate of drug-likeness (QED) is 0.526. The molecule has 112 valence electrons. The van der Waals surface area contributed by atoms with E-state index in [2.05, 4.69) is 0 Å². The maximum atomic E-state index is 15.2. The molecule has 4 rings (SSSR count). The molecule has 0 aliphatic heterocycles. The fourth-order valence-corrected chi connectivity index (χ4v) is 3.18. The Bertz CT molecular complexity index is 922. The standard InChI is InChI=1S/C21H14F2/c22-16-8-5-7-14(12-16)20-13-15-6-1-2-9-17(15)18-10-3-4-11-19(18)21(20)23/h1-12H,13H2. The number of hydrogen-bond donors (Lipinski definition) is 0. The van der Waals surface area contributed by atoms with E-state index in [1.165, 1.54) is 12.1 Å². The maximum absolute atomic E-state index is 15.2. The van der Waals surface area contributed by atoms with Crippen LogP contribution in [0.4, 0.5) is 8.78 Å². The van der Waals surface area contributed by atoms with Crippen LogP contribution >= 0.6 is 0 Å². The summed E-state index contributed by atoms with van der Waals surface area (Å²) in [6.07, 6.45) is 0.445. The summed E-state index contributed by atoms with van der Waals surface area (Å²) < 4.78 is 28.8. The first-order chi connectivity index (χ1) is 11.2. The van der Waals surface area contributed by atoms with Gasteiger partial charge in [-0.25, -0.2) is 8.78 Å². The van der Waals surface area contributed by atoms with E-state index in [9.17, 15) is 4.39 Å². The third-order valence-corrected chi connectivity index (χ3v) is 4.28. The Morgan fingerprint density at radius 2 is 1.35 bits per heavy atom. The fourth-order valence-electron chi connectivity index (χ4n) is 3.18. The molecular weight excluding hydrogens is 290 g/mol. The van der Waals surface area contributed by atoms with E-state index >= 15 is 4.39 Å². The highest BCUT2D eigenvalue weighted by Gasteiger charge is 2.22. The van der Waals surface area contributed by atoms with Crippen LogP contribution in [0.1, 0.15) is 16.7 Å². The summed E-state index contributed by atoms with van der Waals surface area (Å²) in [6.45, 7) is 0. The highest BCUT2D eigenvalue weighted by Crippen LogP contribution is 2.41. The van der Waals surface area contributed by atoms with E-state index in [4.69, 9.17) is 0 Å². The lowest BCUT2D eigenvalue weighted by molar-refractivity contribution is 0.627. The summed E-state index contributed by atoms with van der Waals surface area (Å²) in [4.78, 5) is 0. The van der Waals surface area contributed by atoms with Crippen LogP contribution in [0.25, 0.3) is 22.5 Å². The largest absolute Gasteiger partial charge is 0.207 e. The molecule has 0 nitrogen and oxygen atoms in total. The maximum Gasteiger partial charge on any atom is 0.135 e. The number of benzene rings is 3. The van der Waals surface area contributed by atoms with E-state index in [1.54, 1.807) is 18.2 Å². The summed E-state index contributed by atoms with van der Waals surface area (Å²) in [5.74, 6) is -0.629. The van der Waals surface area contributed by atoms with Gasteiger partial charge >= 0.3 is 0 Å². The molecule has 0 radical (unpaired) electrons. The highest BCUT2D eigenvalue weighted by molar-refractivity contribution is 5.96. The van der Waals surface area contributed by atoms with Crippen LogP contribution in [0.2, 0.25) is 0 Å². The van der Waals surface area contributed by atoms with Gasteiger partial charge in [-0.15, -0.1) is 0 Å². The smallest absolute Gasteiger partial charge is 0.135 e. The molecule has 1 aliphatic rings. The van der Waals surface area contributed by atoms with Crippen molar-refractivity contribution in [2.45, 2.75) is 6.42 Å². The molecule has 23 heavy (non-hydrogen) atoms. The molecule has 0 fully saturated rings. The zero-order valence-corrected chi connectivity index (χ0v) is 12.4. The van der Waals surface area contributed by atoms with Crippen molar-refractivity contribution in [3.63, 3.8) is 0 Å². The number of rotatable bonds is 1. The van der Waals surface area contributed by atoms with Gasteiger partial charge in [-0.05, 0) is 34.4 Å². The Balaban J connectivity index is 2.02. The van der Waals surface area contributed by atoms with Crippen molar-refractivity contribution >= 4 is 11.4 Å². The number of halogens is 2. The zero-order valence-electron chi connectivity index (χ0n) is 12.4. The third kappa shape index (κ3) is 2.36. The number of hydrogen-bond acceptors (Lipinski definition) is 0. The fraction of sp³-hybridized carbons (Fsp3) is 0.0476. The average Bonchev–Trinajstić information content (AvgIpc) is 2.71. The predicted molar refractivity (Wildman–Crippen MR) is 89.9 cm³/mol. The van der Waals surface area contributed by atoms with E-state index in [0.717, 1.165) is 16.7 Å². The minimum absolute atomic E-state index is 0.276. The number of allylic oxidation sites excluding steroid dienone is 1. The molecule has 0 unspecified atom stereocenters. The number of fused-ring (bicyclic) bond motifs is 3. The summed E-state index contributed by atoms with van der Waals surface area (Å²) >= 11 is 0. The lowest BCUT2D eigenvalue weighted by Gasteiger charge is -2.09. The third-order valence-electron chi connectivity index (χ3n) is 4.28. The van der Waals surface area contributed by atoms with E-state index in [1.807, 2.05) is 42.5 Å². The van der Waals surface area contributed by atoms with Gasteiger partial charge in [0.15, 0.2) is 0 Å². The Morgan fingerprint density at radius 3 is 2.13 bits per heavy atom. The first-order valence-corrected chi connectivity index (χ1v) is 7.56. The van der Waals surface area contributed by atoms with Crippen LogP contribution in [0.3, 0.4) is 0 Å². The summed E-state index contributed by atoms with van der Waals surface area (Å²) in [5.41, 5.74) is 4.65. The Hall–Kier alpha value is -2.74. The van der Waals surface area contributed by atoms with Gasteiger partial charge in [-0.1, -0.05) is 60.7 Å². The molecule has 2 heteroatoms. The van der Waals surface area contributed by atoms with Crippen molar-refractivity contribution in [2.24, 2.45) is 0 Å². The first-order valence-electron chi connectivity index (χ1n) is 7.56. The molecule has 0 aromatic heterocycles. The van der Waals surface area contributed by atoms with Crippen LogP contribution in [-0.2, 0) is 6.42 Å². The molecule has 0 amide bonds. The molecule has 0 spiro atoms. The van der Waals surface area contributed by atoms with Gasteiger partial charge in [-0.3, -0.25) is 0 Å². The van der Waals surface area contributed by atoms with Crippen LogP contribution in [0.5, 0.6) is 0 Å². The lowest BCUT2D eigenvalue weighted by Crippen LogP contribution is -1.93. The summed E-state index contributed by atoms with van der Waals surface area (Å²) in [7, 11) is 0. The topological polar surface area (TPSA) is 0 Å². The van der Waals surface area contributed by atoms with Crippen LogP contribution in [0.15, 0.2) is 72.8 Å². The van der Waals surface area contributed by atoms with Crippen LogP contribution < -0.4 is 0 Å². The summed E-state index contributed by atoms with van der Waals surface area (Å²) in [5, 5.41) is 0. The van der Waals surface area contributed by atoms with Gasteiger partial charge in [0.25, 0.3) is 0 Å². The minimum atomic E-state index is -0.353. The van der Waals surface area contributed by atoms with E-state index in [-0.39, 0.29) is 11.6 Å². The first kappa shape index (κ1) is 13.9. The molecule has 1 aliphatic carbocycles. The predicted octanol–water partition coefficient (Wildman–Crippen LogP) is 5.89. The molecule has 0 saturated carbocycles. The summed E-state index contributed by atoms with van der Waals surface area (Å²) in [6, 6.07) is 21.5. The van der Waals surface area contributed by atoms with Crippen molar-refractivity contribution in [3.05, 3.63) is 95.3 Å². The van der Waals surface area contributed by atoms with Gasteiger partial charge < -0.3 is 0 Å². The van der Waals surface area contributed by atoms with Crippen molar-refractivity contribution in [2.75, 3.05) is 0 Å². The van der Waals surface area contributed by atoms with Crippen LogP contribution in [0, 0.1) is 5.82 Å². The normalized spacial score (nSPS) is 13.3. The molecule has 0 N–H and O–H groups in total. The molecule has 0 atom stereocenters. The second-order valence-electron chi connectivity index (χ2n) is 5.68. The molecule has 0 heterocycles. The van der Waals surface area contributed by atoms with E-state index in [0.29, 0.717) is 23.1 Å². The second kappa shape index (κ2) is 5.47. The van der Waals surface area contributed by atoms with Crippen LogP contribution in [-0.4, -0.2) is 0 Å². The molecular formula is C21H14F2. The Labute approximate surface area is 133 Å². The van der Waals surface area contributed by atoms with Gasteiger partial charge in [0.05, 0.1) is 0 Å². The molecule has 3 aromatic rings. The monoisotopic (exact) mass is 304 g/mol. The molecule has 0 saturated heterocycles. The van der Waals surface area contributed by atoms with E-state index < -0.39 is 0 Å². The lowest BCUT2D eigenvalue weighted by atomic mass is 9.95. The van der Waals surface area contributed by atoms with Gasteiger partial charge in [-0.2, -0.15) is 0 Å². The zero-order chi connectivity index (χ0) is 15.8. The van der Waals surface area contributed by atoms with Crippen molar-refractivity contribution in [1.82, 2.24) is 0 Å². The van der Waals surface area contributed by atoms with Gasteiger partial charge in [0, 0.05) is 17.6 Å². The molecule has 3 aromatic carbocycles. The molecule has 0 bridgehead atoms. The minimum Gasteiger partial charge on any atom is -0.207 e. The van der Waals surface area contributed by atoms with Crippen molar-refractivity contribution in [1.29, 1.82) is 0 Å². The Morgan fingerprint density at radius 1 is 0.652 bits per heavy atom. The van der Waals surface area contributed by atoms with Gasteiger partial charge in [0.2, 0.25) is 0 Å². The SMILES string of the molecule is FC1=C(c2cccc(F)c2)Cc2ccccc2-c2ccccc21. The Kier molecular flexibility index (Phi) is 3.30. The van der Waals surface area contributed by atoms with Crippen molar-refractivity contribution < 1.29 is 8.78 Å². The van der Waals surface area contributed by atoms with Gasteiger partial charge in [0.1, 0.15) is 11.6 Å².